The van der Waals surface area contributed by atoms with Crippen molar-refractivity contribution in [2.75, 3.05) is 13.1 Å². The van der Waals surface area contributed by atoms with Crippen LogP contribution in [0.15, 0.2) is 36.5 Å². The van der Waals surface area contributed by atoms with Crippen LogP contribution in [0.1, 0.15) is 92.7 Å². The molecule has 0 bridgehead atoms. The van der Waals surface area contributed by atoms with Gasteiger partial charge in [0, 0.05) is 19.1 Å². The molecule has 2 aromatic rings. The zero-order valence-electron chi connectivity index (χ0n) is 19.4. The normalized spacial score (nSPS) is 25.0. The minimum atomic E-state index is -0.382. The van der Waals surface area contributed by atoms with E-state index in [2.05, 4.69) is 27.8 Å². The molecule has 5 rings (SSSR count). The molecule has 7 heteroatoms. The second kappa shape index (κ2) is 9.65. The van der Waals surface area contributed by atoms with Crippen molar-refractivity contribution in [2.24, 2.45) is 0 Å². The van der Waals surface area contributed by atoms with Crippen LogP contribution < -0.4 is 5.32 Å². The molecule has 33 heavy (non-hydrogen) atoms. The summed E-state index contributed by atoms with van der Waals surface area (Å²) in [4.78, 5) is 28.0. The fourth-order valence-corrected chi connectivity index (χ4v) is 6.00. The van der Waals surface area contributed by atoms with E-state index in [0.717, 1.165) is 82.9 Å². The fourth-order valence-electron chi connectivity index (χ4n) is 6.00. The Morgan fingerprint density at radius 1 is 0.909 bits per heavy atom. The number of aromatic nitrogens is 3. The molecule has 1 N–H and O–H groups in total. The zero-order chi connectivity index (χ0) is 22.7. The van der Waals surface area contributed by atoms with Gasteiger partial charge in [-0.3, -0.25) is 9.59 Å². The second-order valence-corrected chi connectivity index (χ2v) is 10.1. The standard InChI is InChI=1S/C26H35N5O2/c32-24(30-17-7-8-18-30)23-19-31(29-28-23)22-13-11-21(12-14-22)27-25(33)26(15-5-2-6-16-26)20-9-3-1-4-10-20/h1,3-4,9-10,19,21-22H,2,5-8,11-18H2,(H,27,33). The highest BCUT2D eigenvalue weighted by Crippen LogP contribution is 2.40. The maximum atomic E-state index is 13.6. The van der Waals surface area contributed by atoms with Crippen molar-refractivity contribution in [2.45, 2.75) is 88.1 Å². The number of rotatable bonds is 5. The Morgan fingerprint density at radius 2 is 1.61 bits per heavy atom. The summed E-state index contributed by atoms with van der Waals surface area (Å²) >= 11 is 0. The van der Waals surface area contributed by atoms with Crippen LogP contribution in [0.4, 0.5) is 0 Å². The summed E-state index contributed by atoms with van der Waals surface area (Å²) in [7, 11) is 0. The molecule has 2 amide bonds. The lowest BCUT2D eigenvalue weighted by atomic mass is 9.68. The molecule has 176 valence electrons. The van der Waals surface area contributed by atoms with Gasteiger partial charge in [-0.1, -0.05) is 54.8 Å². The third kappa shape index (κ3) is 4.55. The first kappa shape index (κ1) is 22.1. The van der Waals surface area contributed by atoms with Crippen LogP contribution in [0.25, 0.3) is 0 Å². The van der Waals surface area contributed by atoms with Gasteiger partial charge in [0.15, 0.2) is 5.69 Å². The molecule has 3 aliphatic rings. The summed E-state index contributed by atoms with van der Waals surface area (Å²) in [5, 5.41) is 11.8. The molecule has 0 unspecified atom stereocenters. The Bertz CT molecular complexity index is 952. The van der Waals surface area contributed by atoms with Crippen LogP contribution >= 0.6 is 0 Å². The maximum absolute atomic E-state index is 13.6. The molecule has 1 aromatic carbocycles. The molecule has 0 radical (unpaired) electrons. The van der Waals surface area contributed by atoms with E-state index >= 15 is 0 Å². The van der Waals surface area contributed by atoms with E-state index < -0.39 is 0 Å². The first-order valence-corrected chi connectivity index (χ1v) is 12.7. The van der Waals surface area contributed by atoms with Gasteiger partial charge in [0.05, 0.1) is 17.7 Å². The Labute approximate surface area is 195 Å². The van der Waals surface area contributed by atoms with Gasteiger partial charge in [-0.25, -0.2) is 4.68 Å². The van der Waals surface area contributed by atoms with E-state index in [1.807, 2.05) is 34.0 Å². The molecular formula is C26H35N5O2. The minimum absolute atomic E-state index is 0.00149. The summed E-state index contributed by atoms with van der Waals surface area (Å²) < 4.78 is 1.87. The highest BCUT2D eigenvalue weighted by molar-refractivity contribution is 5.92. The van der Waals surface area contributed by atoms with Crippen molar-refractivity contribution in [3.05, 3.63) is 47.8 Å². The van der Waals surface area contributed by atoms with Gasteiger partial charge in [0.25, 0.3) is 5.91 Å². The van der Waals surface area contributed by atoms with Gasteiger partial charge in [-0.2, -0.15) is 0 Å². The zero-order valence-corrected chi connectivity index (χ0v) is 19.4. The predicted octanol–water partition coefficient (Wildman–Crippen LogP) is 4.02. The van der Waals surface area contributed by atoms with Crippen molar-refractivity contribution >= 4 is 11.8 Å². The van der Waals surface area contributed by atoms with Crippen molar-refractivity contribution in [1.82, 2.24) is 25.2 Å². The fraction of sp³-hybridized carbons (Fsp3) is 0.615. The number of hydrogen-bond donors (Lipinski definition) is 1. The Hall–Kier alpha value is -2.70. The molecule has 0 atom stereocenters. The Morgan fingerprint density at radius 3 is 2.30 bits per heavy atom. The topological polar surface area (TPSA) is 80.1 Å². The lowest BCUT2D eigenvalue weighted by Gasteiger charge is -2.38. The van der Waals surface area contributed by atoms with E-state index in [1.165, 1.54) is 6.42 Å². The van der Waals surface area contributed by atoms with Crippen LogP contribution in [-0.2, 0) is 10.2 Å². The third-order valence-corrected chi connectivity index (χ3v) is 8.00. The molecule has 2 saturated carbocycles. The number of benzene rings is 1. The number of amides is 2. The predicted molar refractivity (Wildman–Crippen MR) is 126 cm³/mol. The molecule has 2 heterocycles. The second-order valence-electron chi connectivity index (χ2n) is 10.1. The Balaban J connectivity index is 1.19. The molecule has 1 aliphatic heterocycles. The lowest BCUT2D eigenvalue weighted by molar-refractivity contribution is -0.129. The number of nitrogens with one attached hydrogen (secondary N) is 1. The van der Waals surface area contributed by atoms with E-state index in [-0.39, 0.29) is 29.3 Å². The van der Waals surface area contributed by atoms with Crippen molar-refractivity contribution in [3.63, 3.8) is 0 Å². The number of carbonyl (C=O) groups is 2. The average Bonchev–Trinajstić information content (AvgIpc) is 3.58. The van der Waals surface area contributed by atoms with Gasteiger partial charge in [-0.05, 0) is 56.9 Å². The molecule has 1 aromatic heterocycles. The van der Waals surface area contributed by atoms with E-state index in [9.17, 15) is 9.59 Å². The third-order valence-electron chi connectivity index (χ3n) is 8.00. The summed E-state index contributed by atoms with van der Waals surface area (Å²) in [6.07, 6.45) is 13.0. The van der Waals surface area contributed by atoms with Crippen LogP contribution in [0, 0.1) is 0 Å². The van der Waals surface area contributed by atoms with Crippen molar-refractivity contribution in [3.8, 4) is 0 Å². The highest BCUT2D eigenvalue weighted by Gasteiger charge is 2.42. The van der Waals surface area contributed by atoms with Crippen LogP contribution in [-0.4, -0.2) is 50.8 Å². The maximum Gasteiger partial charge on any atom is 0.276 e. The van der Waals surface area contributed by atoms with Gasteiger partial charge in [-0.15, -0.1) is 5.10 Å². The van der Waals surface area contributed by atoms with E-state index in [1.54, 1.807) is 0 Å². The SMILES string of the molecule is O=C(c1cn(C2CCC(NC(=O)C3(c4ccccc4)CCCCC3)CC2)nn1)N1CCCC1. The molecule has 0 spiro atoms. The van der Waals surface area contributed by atoms with Crippen LogP contribution in [0.3, 0.4) is 0 Å². The molecule has 7 nitrogen and oxygen atoms in total. The number of hydrogen-bond acceptors (Lipinski definition) is 4. The number of nitrogens with zero attached hydrogens (tertiary/aromatic N) is 4. The minimum Gasteiger partial charge on any atom is -0.353 e. The highest BCUT2D eigenvalue weighted by atomic mass is 16.2. The molecule has 3 fully saturated rings. The lowest BCUT2D eigenvalue weighted by Crippen LogP contribution is -2.50. The first-order valence-electron chi connectivity index (χ1n) is 12.7. The van der Waals surface area contributed by atoms with Crippen LogP contribution in [0.2, 0.25) is 0 Å². The first-order chi connectivity index (χ1) is 16.2. The van der Waals surface area contributed by atoms with Gasteiger partial charge >= 0.3 is 0 Å². The smallest absolute Gasteiger partial charge is 0.276 e. The molecular weight excluding hydrogens is 414 g/mol. The molecule has 1 saturated heterocycles. The average molecular weight is 450 g/mol. The van der Waals surface area contributed by atoms with Gasteiger partial charge in [0.1, 0.15) is 0 Å². The summed E-state index contributed by atoms with van der Waals surface area (Å²) in [5.41, 5.74) is 1.23. The monoisotopic (exact) mass is 449 g/mol. The van der Waals surface area contributed by atoms with Crippen molar-refractivity contribution < 1.29 is 9.59 Å². The number of carbonyl (C=O) groups excluding carboxylic acids is 2. The largest absolute Gasteiger partial charge is 0.353 e. The summed E-state index contributed by atoms with van der Waals surface area (Å²) in [6, 6.07) is 10.8. The van der Waals surface area contributed by atoms with Crippen molar-refractivity contribution in [1.29, 1.82) is 0 Å². The van der Waals surface area contributed by atoms with E-state index in [0.29, 0.717) is 5.69 Å². The number of likely N-dealkylation sites (tertiary alicyclic amines) is 1. The van der Waals surface area contributed by atoms with Gasteiger partial charge < -0.3 is 10.2 Å². The summed E-state index contributed by atoms with van der Waals surface area (Å²) in [6.45, 7) is 1.64. The summed E-state index contributed by atoms with van der Waals surface area (Å²) in [5.74, 6) is 0.203. The molecule has 2 aliphatic carbocycles. The Kier molecular flexibility index (Phi) is 6.47. The quantitative estimate of drug-likeness (QED) is 0.748. The van der Waals surface area contributed by atoms with Crippen LogP contribution in [0.5, 0.6) is 0 Å². The van der Waals surface area contributed by atoms with Gasteiger partial charge in [0.2, 0.25) is 5.91 Å². The van der Waals surface area contributed by atoms with E-state index in [4.69, 9.17) is 0 Å².